The first-order valence-electron chi connectivity index (χ1n) is 7.10. The smallest absolute Gasteiger partial charge is 0.337 e. The average Bonchev–Trinajstić information content (AvgIpc) is 2.87. The third-order valence-electron chi connectivity index (χ3n) is 3.51. The van der Waals surface area contributed by atoms with Gasteiger partial charge >= 0.3 is 11.9 Å². The molecule has 1 heterocycles. The van der Waals surface area contributed by atoms with Crippen molar-refractivity contribution in [2.24, 2.45) is 7.05 Å². The van der Waals surface area contributed by atoms with Crippen molar-refractivity contribution in [3.8, 4) is 0 Å². The van der Waals surface area contributed by atoms with E-state index in [1.807, 2.05) is 0 Å². The van der Waals surface area contributed by atoms with Crippen LogP contribution in [0.25, 0.3) is 0 Å². The minimum Gasteiger partial charge on any atom is -0.465 e. The number of nitrogens with one attached hydrogen (secondary N) is 1. The molecule has 8 nitrogen and oxygen atoms in total. The molecule has 0 aliphatic carbocycles. The Balaban J connectivity index is 2.40. The number of halogens is 1. The van der Waals surface area contributed by atoms with Crippen LogP contribution in [0, 0.1) is 6.92 Å². The van der Waals surface area contributed by atoms with Crippen molar-refractivity contribution < 1.29 is 23.9 Å². The molecule has 0 spiro atoms. The number of aryl methyl sites for hydroxylation is 1. The largest absolute Gasteiger partial charge is 0.465 e. The molecule has 2 rings (SSSR count). The Bertz CT molecular complexity index is 825. The van der Waals surface area contributed by atoms with E-state index in [0.717, 1.165) is 0 Å². The van der Waals surface area contributed by atoms with Crippen molar-refractivity contribution in [1.82, 2.24) is 9.78 Å². The second-order valence-electron chi connectivity index (χ2n) is 5.11. The summed E-state index contributed by atoms with van der Waals surface area (Å²) < 4.78 is 10.8. The highest BCUT2D eigenvalue weighted by Gasteiger charge is 2.20. The lowest BCUT2D eigenvalue weighted by Crippen LogP contribution is -2.15. The number of ether oxygens (including phenoxy) is 2. The predicted octanol–water partition coefficient (Wildman–Crippen LogP) is 2.21. The summed E-state index contributed by atoms with van der Waals surface area (Å²) in [4.78, 5) is 35.9. The highest BCUT2D eigenvalue weighted by Crippen LogP contribution is 2.22. The van der Waals surface area contributed by atoms with Gasteiger partial charge in [-0.3, -0.25) is 9.48 Å². The van der Waals surface area contributed by atoms with Crippen LogP contribution >= 0.6 is 11.6 Å². The maximum atomic E-state index is 12.4. The Labute approximate surface area is 148 Å². The summed E-state index contributed by atoms with van der Waals surface area (Å²) >= 11 is 6.09. The summed E-state index contributed by atoms with van der Waals surface area (Å²) in [6.45, 7) is 1.72. The van der Waals surface area contributed by atoms with Gasteiger partial charge in [-0.15, -0.1) is 0 Å². The lowest BCUT2D eigenvalue weighted by Gasteiger charge is -2.09. The number of esters is 2. The van der Waals surface area contributed by atoms with Crippen LogP contribution in [0.5, 0.6) is 0 Å². The molecule has 0 bridgehead atoms. The van der Waals surface area contributed by atoms with Crippen molar-refractivity contribution >= 4 is 35.1 Å². The van der Waals surface area contributed by atoms with Crippen LogP contribution in [-0.4, -0.2) is 41.8 Å². The molecular weight excluding hydrogens is 350 g/mol. The van der Waals surface area contributed by atoms with Crippen LogP contribution in [0.15, 0.2) is 18.2 Å². The summed E-state index contributed by atoms with van der Waals surface area (Å²) in [5.74, 6) is -1.90. The molecule has 2 aromatic rings. The van der Waals surface area contributed by atoms with Crippen molar-refractivity contribution in [3.63, 3.8) is 0 Å². The number of hydrogen-bond donors (Lipinski definition) is 1. The highest BCUT2D eigenvalue weighted by atomic mass is 35.5. The van der Waals surface area contributed by atoms with E-state index in [1.165, 1.54) is 37.1 Å². The van der Waals surface area contributed by atoms with Crippen molar-refractivity contribution in [1.29, 1.82) is 0 Å². The van der Waals surface area contributed by atoms with Gasteiger partial charge < -0.3 is 14.8 Å². The lowest BCUT2D eigenvalue weighted by molar-refractivity contribution is 0.0599. The number of carbonyl (C=O) groups excluding carboxylic acids is 3. The minimum absolute atomic E-state index is 0.0322. The molecule has 1 aromatic heterocycles. The van der Waals surface area contributed by atoms with Gasteiger partial charge in [0, 0.05) is 12.7 Å². The Morgan fingerprint density at radius 2 is 1.60 bits per heavy atom. The van der Waals surface area contributed by atoms with E-state index in [9.17, 15) is 14.4 Å². The third-order valence-corrected chi connectivity index (χ3v) is 3.96. The summed E-state index contributed by atoms with van der Waals surface area (Å²) in [5, 5.41) is 6.83. The fraction of sp³-hybridized carbons (Fsp3) is 0.250. The Kier molecular flexibility index (Phi) is 5.43. The van der Waals surface area contributed by atoms with E-state index in [2.05, 4.69) is 19.9 Å². The summed E-state index contributed by atoms with van der Waals surface area (Å²) in [5.41, 5.74) is 1.04. The number of hydrogen-bond acceptors (Lipinski definition) is 6. The summed E-state index contributed by atoms with van der Waals surface area (Å²) in [7, 11) is 4.08. The van der Waals surface area contributed by atoms with Crippen LogP contribution in [0.2, 0.25) is 5.02 Å². The van der Waals surface area contributed by atoms with Gasteiger partial charge in [0.05, 0.1) is 36.1 Å². The van der Waals surface area contributed by atoms with E-state index in [4.69, 9.17) is 11.6 Å². The molecule has 1 N–H and O–H groups in total. The molecule has 0 atom stereocenters. The summed E-state index contributed by atoms with van der Waals surface area (Å²) in [6.07, 6.45) is 0. The van der Waals surface area contributed by atoms with Crippen LogP contribution < -0.4 is 5.32 Å². The van der Waals surface area contributed by atoms with E-state index >= 15 is 0 Å². The number of aromatic nitrogens is 2. The fourth-order valence-corrected chi connectivity index (χ4v) is 2.33. The molecule has 0 saturated heterocycles. The maximum absolute atomic E-state index is 12.4. The Morgan fingerprint density at radius 3 is 2.00 bits per heavy atom. The van der Waals surface area contributed by atoms with Crippen molar-refractivity contribution in [2.45, 2.75) is 6.92 Å². The van der Waals surface area contributed by atoms with E-state index in [0.29, 0.717) is 5.69 Å². The molecule has 0 radical (unpaired) electrons. The first-order valence-corrected chi connectivity index (χ1v) is 7.48. The number of anilines is 1. The molecule has 132 valence electrons. The predicted molar refractivity (Wildman–Crippen MR) is 90.0 cm³/mol. The summed E-state index contributed by atoms with van der Waals surface area (Å²) in [6, 6.07) is 4.06. The zero-order valence-electron chi connectivity index (χ0n) is 14.0. The first kappa shape index (κ1) is 18.5. The average molecular weight is 366 g/mol. The molecule has 0 aliphatic heterocycles. The Hall–Kier alpha value is -2.87. The second kappa shape index (κ2) is 7.35. The third kappa shape index (κ3) is 3.80. The monoisotopic (exact) mass is 365 g/mol. The number of nitrogens with zero attached hydrogens (tertiary/aromatic N) is 2. The van der Waals surface area contributed by atoms with Crippen LogP contribution in [0.3, 0.4) is 0 Å². The molecule has 0 saturated carbocycles. The lowest BCUT2D eigenvalue weighted by atomic mass is 10.1. The minimum atomic E-state index is -0.659. The van der Waals surface area contributed by atoms with Gasteiger partial charge in [0.15, 0.2) is 5.69 Å². The number of carbonyl (C=O) groups is 3. The highest BCUT2D eigenvalue weighted by molar-refractivity contribution is 6.34. The Morgan fingerprint density at radius 1 is 1.08 bits per heavy atom. The van der Waals surface area contributed by atoms with Crippen molar-refractivity contribution in [3.05, 3.63) is 45.7 Å². The van der Waals surface area contributed by atoms with Crippen LogP contribution in [-0.2, 0) is 16.5 Å². The number of rotatable bonds is 4. The zero-order valence-corrected chi connectivity index (χ0v) is 14.8. The van der Waals surface area contributed by atoms with Gasteiger partial charge in [0.2, 0.25) is 0 Å². The van der Waals surface area contributed by atoms with Gasteiger partial charge in [-0.1, -0.05) is 11.6 Å². The van der Waals surface area contributed by atoms with Gasteiger partial charge in [-0.2, -0.15) is 5.10 Å². The second-order valence-corrected chi connectivity index (χ2v) is 5.49. The molecule has 0 fully saturated rings. The normalized spacial score (nSPS) is 10.3. The number of amides is 1. The molecule has 0 aliphatic rings. The molecular formula is C16H16ClN3O5. The maximum Gasteiger partial charge on any atom is 0.337 e. The standard InChI is InChI=1S/C16H16ClN3O5/c1-8-12(17)13(19-20(8)2)14(21)18-11-6-9(15(22)24-3)5-10(7-11)16(23)25-4/h5-7H,1-4H3,(H,18,21). The van der Waals surface area contributed by atoms with Gasteiger partial charge in [0.25, 0.3) is 5.91 Å². The molecule has 9 heteroatoms. The van der Waals surface area contributed by atoms with Crippen LogP contribution in [0.1, 0.15) is 36.9 Å². The molecule has 1 aromatic carbocycles. The van der Waals surface area contributed by atoms with Crippen molar-refractivity contribution in [2.75, 3.05) is 19.5 Å². The van der Waals surface area contributed by atoms with E-state index in [1.54, 1.807) is 14.0 Å². The van der Waals surface area contributed by atoms with Gasteiger partial charge in [0.1, 0.15) is 0 Å². The topological polar surface area (TPSA) is 99.5 Å². The quantitative estimate of drug-likeness (QED) is 0.834. The van der Waals surface area contributed by atoms with Crippen LogP contribution in [0.4, 0.5) is 5.69 Å². The van der Waals surface area contributed by atoms with Gasteiger partial charge in [-0.25, -0.2) is 9.59 Å². The van der Waals surface area contributed by atoms with E-state index in [-0.39, 0.29) is 27.5 Å². The van der Waals surface area contributed by atoms with E-state index < -0.39 is 17.8 Å². The SMILES string of the molecule is COC(=O)c1cc(NC(=O)c2nn(C)c(C)c2Cl)cc(C(=O)OC)c1. The molecule has 25 heavy (non-hydrogen) atoms. The fourth-order valence-electron chi connectivity index (χ4n) is 2.09. The zero-order chi connectivity index (χ0) is 18.7. The number of methoxy groups -OCH3 is 2. The molecule has 1 amide bonds. The first-order chi connectivity index (χ1) is 11.8. The van der Waals surface area contributed by atoms with Gasteiger partial charge in [-0.05, 0) is 25.1 Å². The molecule has 0 unspecified atom stereocenters. The number of benzene rings is 1.